The molecule has 0 amide bonds. The first-order valence-corrected chi connectivity index (χ1v) is 10.4. The number of nitrogens with zero attached hydrogens (tertiary/aromatic N) is 4. The molecule has 1 fully saturated rings. The SMILES string of the molecule is CN=C(NCCc1ccncc1C)N1CCN(Cc2ccc(OC)c(OC)c2)CC1. The van der Waals surface area contributed by atoms with Crippen LogP contribution in [-0.4, -0.2) is 74.7 Å². The highest BCUT2D eigenvalue weighted by atomic mass is 16.5. The van der Waals surface area contributed by atoms with Gasteiger partial charge in [0, 0.05) is 58.7 Å². The largest absolute Gasteiger partial charge is 0.493 e. The van der Waals surface area contributed by atoms with E-state index in [2.05, 4.69) is 50.2 Å². The van der Waals surface area contributed by atoms with Crippen molar-refractivity contribution in [3.8, 4) is 11.5 Å². The minimum atomic E-state index is 0.767. The maximum absolute atomic E-state index is 5.43. The van der Waals surface area contributed by atoms with Crippen LogP contribution in [0, 0.1) is 6.92 Å². The van der Waals surface area contributed by atoms with Crippen molar-refractivity contribution in [2.75, 3.05) is 54.0 Å². The van der Waals surface area contributed by atoms with Crippen molar-refractivity contribution >= 4 is 5.96 Å². The lowest BCUT2D eigenvalue weighted by Gasteiger charge is -2.36. The molecule has 3 rings (SSSR count). The van der Waals surface area contributed by atoms with E-state index < -0.39 is 0 Å². The molecule has 162 valence electrons. The van der Waals surface area contributed by atoms with Crippen molar-refractivity contribution in [2.45, 2.75) is 19.9 Å². The number of rotatable bonds is 7. The highest BCUT2D eigenvalue weighted by Gasteiger charge is 2.20. The molecule has 1 aromatic carbocycles. The maximum Gasteiger partial charge on any atom is 0.193 e. The Kier molecular flexibility index (Phi) is 7.90. The smallest absolute Gasteiger partial charge is 0.193 e. The van der Waals surface area contributed by atoms with Crippen LogP contribution >= 0.6 is 0 Å². The second kappa shape index (κ2) is 10.8. The van der Waals surface area contributed by atoms with Gasteiger partial charge in [-0.25, -0.2) is 0 Å². The molecule has 0 spiro atoms. The average Bonchev–Trinajstić information content (AvgIpc) is 2.78. The number of piperazine rings is 1. The zero-order valence-corrected chi connectivity index (χ0v) is 18.5. The second-order valence-electron chi connectivity index (χ2n) is 7.48. The normalized spacial score (nSPS) is 15.2. The highest BCUT2D eigenvalue weighted by Crippen LogP contribution is 2.28. The van der Waals surface area contributed by atoms with E-state index in [1.807, 2.05) is 25.5 Å². The van der Waals surface area contributed by atoms with Gasteiger partial charge < -0.3 is 19.7 Å². The number of nitrogens with one attached hydrogen (secondary N) is 1. The molecule has 1 aromatic heterocycles. The summed E-state index contributed by atoms with van der Waals surface area (Å²) in [6, 6.07) is 8.23. The molecule has 0 atom stereocenters. The van der Waals surface area contributed by atoms with Gasteiger partial charge >= 0.3 is 0 Å². The number of hydrogen-bond acceptors (Lipinski definition) is 5. The predicted molar refractivity (Wildman–Crippen MR) is 120 cm³/mol. The van der Waals surface area contributed by atoms with Crippen LogP contribution in [0.25, 0.3) is 0 Å². The number of aromatic nitrogens is 1. The van der Waals surface area contributed by atoms with E-state index in [1.165, 1.54) is 16.7 Å². The molecule has 30 heavy (non-hydrogen) atoms. The summed E-state index contributed by atoms with van der Waals surface area (Å²) in [5.41, 5.74) is 3.79. The average molecular weight is 412 g/mol. The minimum absolute atomic E-state index is 0.767. The van der Waals surface area contributed by atoms with E-state index in [4.69, 9.17) is 9.47 Å². The third kappa shape index (κ3) is 5.63. The zero-order chi connectivity index (χ0) is 21.3. The fraction of sp³-hybridized carbons (Fsp3) is 0.478. The molecule has 0 saturated carbocycles. The van der Waals surface area contributed by atoms with Crippen LogP contribution < -0.4 is 14.8 Å². The first-order chi connectivity index (χ1) is 14.6. The summed E-state index contributed by atoms with van der Waals surface area (Å²) in [6.07, 6.45) is 4.74. The van der Waals surface area contributed by atoms with Crippen LogP contribution in [0.3, 0.4) is 0 Å². The number of aryl methyl sites for hydroxylation is 1. The number of benzene rings is 1. The van der Waals surface area contributed by atoms with Crippen molar-refractivity contribution in [1.29, 1.82) is 0 Å². The van der Waals surface area contributed by atoms with E-state index in [-0.39, 0.29) is 0 Å². The molecular weight excluding hydrogens is 378 g/mol. The fourth-order valence-corrected chi connectivity index (χ4v) is 3.78. The molecule has 1 aliphatic rings. The van der Waals surface area contributed by atoms with Crippen molar-refractivity contribution < 1.29 is 9.47 Å². The van der Waals surface area contributed by atoms with Crippen LogP contribution in [0.15, 0.2) is 41.7 Å². The first kappa shape index (κ1) is 21.9. The number of guanidine groups is 1. The van der Waals surface area contributed by atoms with E-state index in [0.717, 1.165) is 63.1 Å². The Morgan fingerprint density at radius 1 is 1.10 bits per heavy atom. The van der Waals surface area contributed by atoms with Gasteiger partial charge in [0.25, 0.3) is 0 Å². The Hall–Kier alpha value is -2.80. The summed E-state index contributed by atoms with van der Waals surface area (Å²) in [5.74, 6) is 2.53. The van der Waals surface area contributed by atoms with Gasteiger partial charge in [-0.2, -0.15) is 0 Å². The molecule has 0 radical (unpaired) electrons. The van der Waals surface area contributed by atoms with E-state index in [0.29, 0.717) is 0 Å². The van der Waals surface area contributed by atoms with E-state index in [1.54, 1.807) is 14.2 Å². The van der Waals surface area contributed by atoms with Gasteiger partial charge in [-0.1, -0.05) is 6.07 Å². The Labute approximate surface area is 179 Å². The summed E-state index contributed by atoms with van der Waals surface area (Å²) in [6.45, 7) is 7.79. The summed E-state index contributed by atoms with van der Waals surface area (Å²) >= 11 is 0. The second-order valence-corrected chi connectivity index (χ2v) is 7.48. The van der Waals surface area contributed by atoms with Gasteiger partial charge in [-0.05, 0) is 48.2 Å². The van der Waals surface area contributed by atoms with E-state index >= 15 is 0 Å². The van der Waals surface area contributed by atoms with Crippen molar-refractivity contribution in [3.63, 3.8) is 0 Å². The monoisotopic (exact) mass is 411 g/mol. The molecule has 1 N–H and O–H groups in total. The molecule has 0 unspecified atom stereocenters. The molecule has 1 saturated heterocycles. The van der Waals surface area contributed by atoms with Crippen LogP contribution in [-0.2, 0) is 13.0 Å². The Morgan fingerprint density at radius 3 is 2.53 bits per heavy atom. The summed E-state index contributed by atoms with van der Waals surface area (Å²) in [7, 11) is 5.20. The summed E-state index contributed by atoms with van der Waals surface area (Å²) < 4.78 is 10.8. The van der Waals surface area contributed by atoms with Gasteiger partial charge in [-0.3, -0.25) is 14.9 Å². The Bertz CT molecular complexity index is 847. The highest BCUT2D eigenvalue weighted by molar-refractivity contribution is 5.80. The fourth-order valence-electron chi connectivity index (χ4n) is 3.78. The number of pyridine rings is 1. The quantitative estimate of drug-likeness (QED) is 0.557. The summed E-state index contributed by atoms with van der Waals surface area (Å²) in [4.78, 5) is 13.5. The van der Waals surface area contributed by atoms with Crippen molar-refractivity contribution in [1.82, 2.24) is 20.1 Å². The lowest BCUT2D eigenvalue weighted by molar-refractivity contribution is 0.172. The molecule has 1 aliphatic heterocycles. The minimum Gasteiger partial charge on any atom is -0.493 e. The molecular formula is C23H33N5O2. The lowest BCUT2D eigenvalue weighted by Crippen LogP contribution is -2.52. The Morgan fingerprint density at radius 2 is 1.87 bits per heavy atom. The molecule has 0 aliphatic carbocycles. The van der Waals surface area contributed by atoms with Crippen LogP contribution in [0.5, 0.6) is 11.5 Å². The first-order valence-electron chi connectivity index (χ1n) is 10.4. The molecule has 2 aromatic rings. The van der Waals surface area contributed by atoms with Crippen LogP contribution in [0.4, 0.5) is 0 Å². The number of hydrogen-bond donors (Lipinski definition) is 1. The van der Waals surface area contributed by atoms with Crippen molar-refractivity contribution in [3.05, 3.63) is 53.3 Å². The van der Waals surface area contributed by atoms with Gasteiger partial charge in [-0.15, -0.1) is 0 Å². The lowest BCUT2D eigenvalue weighted by atomic mass is 10.1. The van der Waals surface area contributed by atoms with Gasteiger partial charge in [0.05, 0.1) is 14.2 Å². The Balaban J connectivity index is 1.47. The third-order valence-electron chi connectivity index (χ3n) is 5.55. The standard InChI is InChI=1S/C23H33N5O2/c1-18-16-25-9-7-20(18)8-10-26-23(24-2)28-13-11-27(12-14-28)17-19-5-6-21(29-3)22(15-19)30-4/h5-7,9,15-16H,8,10-14,17H2,1-4H3,(H,24,26). The number of methoxy groups -OCH3 is 2. The number of aliphatic imine (C=N–C) groups is 1. The van der Waals surface area contributed by atoms with Gasteiger partial charge in [0.15, 0.2) is 17.5 Å². The number of ether oxygens (including phenoxy) is 2. The molecule has 2 heterocycles. The maximum atomic E-state index is 5.43. The molecule has 7 nitrogen and oxygen atoms in total. The van der Waals surface area contributed by atoms with Gasteiger partial charge in [0.2, 0.25) is 0 Å². The topological polar surface area (TPSA) is 62.2 Å². The predicted octanol–water partition coefficient (Wildman–Crippen LogP) is 2.34. The van der Waals surface area contributed by atoms with Crippen LogP contribution in [0.2, 0.25) is 0 Å². The van der Waals surface area contributed by atoms with Crippen molar-refractivity contribution in [2.24, 2.45) is 4.99 Å². The van der Waals surface area contributed by atoms with Crippen LogP contribution in [0.1, 0.15) is 16.7 Å². The third-order valence-corrected chi connectivity index (χ3v) is 5.55. The zero-order valence-electron chi connectivity index (χ0n) is 18.5. The summed E-state index contributed by atoms with van der Waals surface area (Å²) in [5, 5.41) is 3.51. The molecule has 7 heteroatoms. The van der Waals surface area contributed by atoms with E-state index in [9.17, 15) is 0 Å². The molecule has 0 bridgehead atoms. The van der Waals surface area contributed by atoms with Gasteiger partial charge in [0.1, 0.15) is 0 Å².